The third-order valence-electron chi connectivity index (χ3n) is 5.33. The largest absolute Gasteiger partial charge is 0.493 e. The average Bonchev–Trinajstić information content (AvgIpc) is 2.77. The van der Waals surface area contributed by atoms with Gasteiger partial charge < -0.3 is 20.3 Å². The number of nitrogens with one attached hydrogen (secondary N) is 2. The zero-order chi connectivity index (χ0) is 22.2. The Hall–Kier alpha value is -3.02. The second-order valence-electron chi connectivity index (χ2n) is 8.69. The van der Waals surface area contributed by atoms with Crippen molar-refractivity contribution in [3.8, 4) is 5.75 Å². The Labute approximate surface area is 185 Å². The van der Waals surface area contributed by atoms with Gasteiger partial charge in [0.25, 0.3) is 5.91 Å². The minimum atomic E-state index is -0.164. The smallest absolute Gasteiger partial charge is 0.253 e. The van der Waals surface area contributed by atoms with Crippen LogP contribution in [0.25, 0.3) is 0 Å². The third-order valence-corrected chi connectivity index (χ3v) is 5.33. The molecule has 2 aromatic carbocycles. The molecule has 0 unspecified atom stereocenters. The van der Waals surface area contributed by atoms with Crippen molar-refractivity contribution in [2.24, 2.45) is 11.8 Å². The van der Waals surface area contributed by atoms with Crippen LogP contribution < -0.4 is 15.4 Å². The fourth-order valence-electron chi connectivity index (χ4n) is 3.47. The van der Waals surface area contributed by atoms with Crippen molar-refractivity contribution in [2.45, 2.75) is 33.6 Å². The van der Waals surface area contributed by atoms with Crippen molar-refractivity contribution in [1.29, 1.82) is 0 Å². The number of hydrogen-bond donors (Lipinski definition) is 2. The van der Waals surface area contributed by atoms with Crippen molar-refractivity contribution >= 4 is 23.2 Å². The molecule has 3 rings (SSSR count). The number of hydrogen-bond acceptors (Lipinski definition) is 4. The maximum atomic E-state index is 12.8. The van der Waals surface area contributed by atoms with Crippen molar-refractivity contribution in [2.75, 3.05) is 36.9 Å². The van der Waals surface area contributed by atoms with E-state index < -0.39 is 0 Å². The quantitative estimate of drug-likeness (QED) is 0.649. The number of anilines is 2. The zero-order valence-electron chi connectivity index (χ0n) is 18.7. The number of benzene rings is 2. The number of carbonyl (C=O) groups excluding carboxylic acids is 2. The lowest BCUT2D eigenvalue weighted by Gasteiger charge is -2.30. The Morgan fingerprint density at radius 2 is 1.77 bits per heavy atom. The standard InChI is InChI=1S/C25H33N3O3/c1-18(2)17-31-23-9-5-8-22(15-23)27-24(29)16-26-21-7-4-6-20(14-21)25(30)28-12-10-19(3)11-13-28/h4-9,14-15,18-19,26H,10-13,16-17H2,1-3H3,(H,27,29). The Kier molecular flexibility index (Phi) is 7.93. The molecule has 6 nitrogen and oxygen atoms in total. The van der Waals surface area contributed by atoms with E-state index in [4.69, 9.17) is 4.74 Å². The topological polar surface area (TPSA) is 70.7 Å². The maximum absolute atomic E-state index is 12.8. The first-order valence-electron chi connectivity index (χ1n) is 11.1. The van der Waals surface area contributed by atoms with E-state index in [1.807, 2.05) is 53.4 Å². The van der Waals surface area contributed by atoms with Crippen LogP contribution >= 0.6 is 0 Å². The fraction of sp³-hybridized carbons (Fsp3) is 0.440. The number of nitrogens with zero attached hydrogens (tertiary/aromatic N) is 1. The number of rotatable bonds is 8. The molecule has 1 fully saturated rings. The van der Waals surface area contributed by atoms with Crippen LogP contribution in [0, 0.1) is 11.8 Å². The van der Waals surface area contributed by atoms with Crippen molar-refractivity contribution in [3.05, 3.63) is 54.1 Å². The molecule has 1 aliphatic heterocycles. The third kappa shape index (κ3) is 7.02. The molecule has 0 atom stereocenters. The van der Waals surface area contributed by atoms with E-state index in [-0.39, 0.29) is 18.4 Å². The molecular formula is C25H33N3O3. The van der Waals surface area contributed by atoms with E-state index in [1.165, 1.54) is 0 Å². The van der Waals surface area contributed by atoms with Gasteiger partial charge in [0, 0.05) is 36.1 Å². The molecule has 0 saturated carbocycles. The second-order valence-corrected chi connectivity index (χ2v) is 8.69. The van der Waals surface area contributed by atoms with Gasteiger partial charge in [0.1, 0.15) is 5.75 Å². The lowest BCUT2D eigenvalue weighted by molar-refractivity contribution is -0.114. The SMILES string of the molecule is CC(C)COc1cccc(NC(=O)CNc2cccc(C(=O)N3CCC(C)CC3)c2)c1. The van der Waals surface area contributed by atoms with Crippen LogP contribution in [0.1, 0.15) is 44.0 Å². The number of carbonyl (C=O) groups is 2. The molecule has 1 aliphatic rings. The summed E-state index contributed by atoms with van der Waals surface area (Å²) in [6.45, 7) is 8.76. The Morgan fingerprint density at radius 3 is 2.52 bits per heavy atom. The van der Waals surface area contributed by atoms with E-state index in [0.29, 0.717) is 29.7 Å². The molecule has 0 bridgehead atoms. The lowest BCUT2D eigenvalue weighted by Crippen LogP contribution is -2.37. The van der Waals surface area contributed by atoms with Gasteiger partial charge in [0.05, 0.1) is 13.2 Å². The van der Waals surface area contributed by atoms with Gasteiger partial charge in [0.15, 0.2) is 0 Å². The first-order valence-corrected chi connectivity index (χ1v) is 11.1. The van der Waals surface area contributed by atoms with Gasteiger partial charge in [0.2, 0.25) is 5.91 Å². The van der Waals surface area contributed by atoms with Crippen LogP contribution in [-0.2, 0) is 4.79 Å². The number of likely N-dealkylation sites (tertiary alicyclic amines) is 1. The zero-order valence-corrected chi connectivity index (χ0v) is 18.7. The second kappa shape index (κ2) is 10.8. The van der Waals surface area contributed by atoms with Crippen LogP contribution in [0.5, 0.6) is 5.75 Å². The Balaban J connectivity index is 1.52. The molecule has 1 saturated heterocycles. The highest BCUT2D eigenvalue weighted by Gasteiger charge is 2.21. The minimum Gasteiger partial charge on any atom is -0.493 e. The summed E-state index contributed by atoms with van der Waals surface area (Å²) in [5, 5.41) is 5.99. The molecule has 166 valence electrons. The van der Waals surface area contributed by atoms with Gasteiger partial charge in [-0.1, -0.05) is 32.9 Å². The summed E-state index contributed by atoms with van der Waals surface area (Å²) in [6, 6.07) is 14.7. The van der Waals surface area contributed by atoms with Gasteiger partial charge in [-0.2, -0.15) is 0 Å². The van der Waals surface area contributed by atoms with E-state index in [1.54, 1.807) is 0 Å². The van der Waals surface area contributed by atoms with Crippen LogP contribution in [0.3, 0.4) is 0 Å². The predicted octanol–water partition coefficient (Wildman–Crippen LogP) is 4.64. The van der Waals surface area contributed by atoms with Crippen LogP contribution in [0.15, 0.2) is 48.5 Å². The fourth-order valence-corrected chi connectivity index (χ4v) is 3.47. The van der Waals surface area contributed by atoms with Crippen molar-refractivity contribution in [1.82, 2.24) is 4.90 Å². The van der Waals surface area contributed by atoms with Gasteiger partial charge in [-0.25, -0.2) is 0 Å². The van der Waals surface area contributed by atoms with Gasteiger partial charge in [-0.3, -0.25) is 9.59 Å². The predicted molar refractivity (Wildman–Crippen MR) is 125 cm³/mol. The lowest BCUT2D eigenvalue weighted by atomic mass is 9.98. The summed E-state index contributed by atoms with van der Waals surface area (Å²) >= 11 is 0. The Morgan fingerprint density at radius 1 is 1.06 bits per heavy atom. The minimum absolute atomic E-state index is 0.0539. The maximum Gasteiger partial charge on any atom is 0.253 e. The van der Waals surface area contributed by atoms with E-state index in [2.05, 4.69) is 31.4 Å². The van der Waals surface area contributed by atoms with Gasteiger partial charge >= 0.3 is 0 Å². The Bertz CT molecular complexity index is 889. The molecule has 2 aromatic rings. The number of amides is 2. The summed E-state index contributed by atoms with van der Waals surface area (Å²) in [7, 11) is 0. The summed E-state index contributed by atoms with van der Waals surface area (Å²) < 4.78 is 5.71. The molecular weight excluding hydrogens is 390 g/mol. The highest BCUT2D eigenvalue weighted by atomic mass is 16.5. The van der Waals surface area contributed by atoms with Crippen molar-refractivity contribution in [3.63, 3.8) is 0 Å². The molecule has 0 spiro atoms. The van der Waals surface area contributed by atoms with Crippen LogP contribution in [-0.4, -0.2) is 43.0 Å². The number of piperidine rings is 1. The molecule has 2 N–H and O–H groups in total. The molecule has 1 heterocycles. The van der Waals surface area contributed by atoms with Crippen LogP contribution in [0.4, 0.5) is 11.4 Å². The molecule has 0 radical (unpaired) electrons. The first-order chi connectivity index (χ1) is 14.9. The van der Waals surface area contributed by atoms with Gasteiger partial charge in [-0.05, 0) is 55.0 Å². The van der Waals surface area contributed by atoms with Crippen molar-refractivity contribution < 1.29 is 14.3 Å². The summed E-state index contributed by atoms with van der Waals surface area (Å²) in [6.07, 6.45) is 2.10. The van der Waals surface area contributed by atoms with E-state index >= 15 is 0 Å². The monoisotopic (exact) mass is 423 g/mol. The number of ether oxygens (including phenoxy) is 1. The van der Waals surface area contributed by atoms with E-state index in [0.717, 1.165) is 37.4 Å². The molecule has 2 amide bonds. The van der Waals surface area contributed by atoms with Gasteiger partial charge in [-0.15, -0.1) is 0 Å². The highest BCUT2D eigenvalue weighted by molar-refractivity contribution is 5.96. The van der Waals surface area contributed by atoms with E-state index in [9.17, 15) is 9.59 Å². The highest BCUT2D eigenvalue weighted by Crippen LogP contribution is 2.20. The molecule has 0 aromatic heterocycles. The summed E-state index contributed by atoms with van der Waals surface area (Å²) in [5.74, 6) is 1.74. The molecule has 31 heavy (non-hydrogen) atoms. The summed E-state index contributed by atoms with van der Waals surface area (Å²) in [5.41, 5.74) is 2.09. The average molecular weight is 424 g/mol. The summed E-state index contributed by atoms with van der Waals surface area (Å²) in [4.78, 5) is 27.1. The molecule has 0 aliphatic carbocycles. The molecule has 6 heteroatoms. The normalized spacial score (nSPS) is 14.4. The van der Waals surface area contributed by atoms with Crippen LogP contribution in [0.2, 0.25) is 0 Å². The first kappa shape index (κ1) is 22.7.